The van der Waals surface area contributed by atoms with Crippen molar-refractivity contribution in [3.05, 3.63) is 52.5 Å². The maximum atomic E-state index is 13.2. The molecule has 174 valence electrons. The minimum atomic E-state index is -4.61. The van der Waals surface area contributed by atoms with Crippen molar-refractivity contribution in [2.24, 2.45) is 0 Å². The van der Waals surface area contributed by atoms with Crippen LogP contribution in [0.25, 0.3) is 0 Å². The fraction of sp³-hybridized carbons (Fsp3) is 0.409. The molecule has 32 heavy (non-hydrogen) atoms. The van der Waals surface area contributed by atoms with Crippen molar-refractivity contribution in [1.82, 2.24) is 9.80 Å². The Kier molecular flexibility index (Phi) is 7.86. The number of hydrogen-bond acceptors (Lipinski definition) is 5. The molecule has 0 unspecified atom stereocenters. The predicted molar refractivity (Wildman–Crippen MR) is 116 cm³/mol. The van der Waals surface area contributed by atoms with Crippen molar-refractivity contribution < 1.29 is 27.4 Å². The van der Waals surface area contributed by atoms with Gasteiger partial charge in [-0.15, -0.1) is 0 Å². The van der Waals surface area contributed by atoms with E-state index in [1.165, 1.54) is 12.1 Å². The number of piperazine rings is 1. The fourth-order valence-electron chi connectivity index (χ4n) is 3.60. The molecule has 6 nitrogen and oxygen atoms in total. The van der Waals surface area contributed by atoms with Crippen LogP contribution in [-0.4, -0.2) is 62.7 Å². The zero-order valence-corrected chi connectivity index (χ0v) is 18.6. The summed E-state index contributed by atoms with van der Waals surface area (Å²) in [6, 6.07) is 9.07. The molecule has 1 aliphatic heterocycles. The SMILES string of the molecule is COc1ccc(CN2CCN(CC(=O)Nc3ccc(Cl)cc3C(F)(F)F)CC2)cc1OC. The lowest BCUT2D eigenvalue weighted by atomic mass is 10.1. The van der Waals surface area contributed by atoms with E-state index >= 15 is 0 Å². The molecule has 1 aliphatic rings. The Bertz CT molecular complexity index is 948. The number of carbonyl (C=O) groups is 1. The van der Waals surface area contributed by atoms with Gasteiger partial charge in [0.25, 0.3) is 0 Å². The average molecular weight is 472 g/mol. The molecule has 1 N–H and O–H groups in total. The summed E-state index contributed by atoms with van der Waals surface area (Å²) < 4.78 is 50.2. The van der Waals surface area contributed by atoms with E-state index in [1.54, 1.807) is 14.2 Å². The summed E-state index contributed by atoms with van der Waals surface area (Å²) in [7, 11) is 3.18. The molecule has 0 atom stereocenters. The summed E-state index contributed by atoms with van der Waals surface area (Å²) in [6.45, 7) is 3.47. The quantitative estimate of drug-likeness (QED) is 0.658. The van der Waals surface area contributed by atoms with E-state index in [2.05, 4.69) is 10.2 Å². The maximum absolute atomic E-state index is 13.2. The van der Waals surface area contributed by atoms with Gasteiger partial charge in [0.05, 0.1) is 32.0 Å². The average Bonchev–Trinajstić information content (AvgIpc) is 2.75. The van der Waals surface area contributed by atoms with Gasteiger partial charge in [0, 0.05) is 37.7 Å². The normalized spacial score (nSPS) is 15.4. The highest BCUT2D eigenvalue weighted by atomic mass is 35.5. The van der Waals surface area contributed by atoms with Crippen molar-refractivity contribution in [2.45, 2.75) is 12.7 Å². The van der Waals surface area contributed by atoms with Gasteiger partial charge in [-0.3, -0.25) is 14.6 Å². The molecule has 0 saturated carbocycles. The number of rotatable bonds is 7. The number of methoxy groups -OCH3 is 2. The van der Waals surface area contributed by atoms with Crippen LogP contribution in [0.1, 0.15) is 11.1 Å². The Hall–Kier alpha value is -2.49. The summed E-state index contributed by atoms with van der Waals surface area (Å²) in [5.41, 5.74) is -0.173. The highest BCUT2D eigenvalue weighted by molar-refractivity contribution is 6.30. The van der Waals surface area contributed by atoms with Crippen molar-refractivity contribution in [2.75, 3.05) is 52.3 Å². The molecule has 1 saturated heterocycles. The van der Waals surface area contributed by atoms with Crippen LogP contribution in [0.2, 0.25) is 5.02 Å². The van der Waals surface area contributed by atoms with Gasteiger partial charge < -0.3 is 14.8 Å². The van der Waals surface area contributed by atoms with Gasteiger partial charge in [-0.1, -0.05) is 17.7 Å². The number of anilines is 1. The van der Waals surface area contributed by atoms with Crippen LogP contribution in [0.3, 0.4) is 0 Å². The Morgan fingerprint density at radius 2 is 1.66 bits per heavy atom. The van der Waals surface area contributed by atoms with E-state index in [-0.39, 0.29) is 17.3 Å². The maximum Gasteiger partial charge on any atom is 0.418 e. The van der Waals surface area contributed by atoms with Crippen LogP contribution < -0.4 is 14.8 Å². The number of alkyl halides is 3. The van der Waals surface area contributed by atoms with E-state index in [9.17, 15) is 18.0 Å². The summed E-state index contributed by atoms with van der Waals surface area (Å²) >= 11 is 5.68. The Labute approximate surface area is 189 Å². The van der Waals surface area contributed by atoms with Crippen LogP contribution in [0, 0.1) is 0 Å². The second-order valence-electron chi connectivity index (χ2n) is 7.48. The highest BCUT2D eigenvalue weighted by Crippen LogP contribution is 2.36. The largest absolute Gasteiger partial charge is 0.493 e. The van der Waals surface area contributed by atoms with Crippen LogP contribution in [0.5, 0.6) is 11.5 Å². The third kappa shape index (κ3) is 6.27. The molecule has 0 aliphatic carbocycles. The molecule has 1 fully saturated rings. The van der Waals surface area contributed by atoms with E-state index in [0.717, 1.165) is 31.3 Å². The number of carbonyl (C=O) groups excluding carboxylic acids is 1. The fourth-order valence-corrected chi connectivity index (χ4v) is 3.77. The first-order valence-corrected chi connectivity index (χ1v) is 10.4. The zero-order valence-electron chi connectivity index (χ0n) is 17.8. The number of nitrogens with zero attached hydrogens (tertiary/aromatic N) is 2. The molecule has 0 spiro atoms. The molecule has 2 aromatic carbocycles. The molecule has 0 radical (unpaired) electrons. The summed E-state index contributed by atoms with van der Waals surface area (Å²) in [5, 5.41) is 2.33. The van der Waals surface area contributed by atoms with E-state index in [4.69, 9.17) is 21.1 Å². The van der Waals surface area contributed by atoms with Gasteiger partial charge in [0.2, 0.25) is 5.91 Å². The van der Waals surface area contributed by atoms with Gasteiger partial charge in [-0.05, 0) is 35.9 Å². The van der Waals surface area contributed by atoms with E-state index in [0.29, 0.717) is 24.6 Å². The minimum absolute atomic E-state index is 0.0180. The zero-order chi connectivity index (χ0) is 23.3. The molecular weight excluding hydrogens is 447 g/mol. The smallest absolute Gasteiger partial charge is 0.418 e. The molecule has 1 amide bonds. The van der Waals surface area contributed by atoms with E-state index < -0.39 is 17.6 Å². The lowest BCUT2D eigenvalue weighted by Crippen LogP contribution is -2.48. The molecule has 0 aromatic heterocycles. The monoisotopic (exact) mass is 471 g/mol. The van der Waals surface area contributed by atoms with Crippen LogP contribution in [0.15, 0.2) is 36.4 Å². The molecule has 2 aromatic rings. The second kappa shape index (κ2) is 10.4. The predicted octanol–water partition coefficient (Wildman–Crippen LogP) is 4.13. The van der Waals surface area contributed by atoms with Crippen LogP contribution in [-0.2, 0) is 17.5 Å². The number of ether oxygens (including phenoxy) is 2. The van der Waals surface area contributed by atoms with Crippen LogP contribution in [0.4, 0.5) is 18.9 Å². The Morgan fingerprint density at radius 1 is 1.00 bits per heavy atom. The van der Waals surface area contributed by atoms with Gasteiger partial charge in [-0.25, -0.2) is 0 Å². The molecule has 0 bridgehead atoms. The highest BCUT2D eigenvalue weighted by Gasteiger charge is 2.34. The molecule has 10 heteroatoms. The molecule has 3 rings (SSSR count). The first-order valence-electron chi connectivity index (χ1n) is 10.0. The lowest BCUT2D eigenvalue weighted by Gasteiger charge is -2.34. The first kappa shape index (κ1) is 24.2. The molecular formula is C22H25ClF3N3O3. The van der Waals surface area contributed by atoms with Gasteiger partial charge in [-0.2, -0.15) is 13.2 Å². The number of nitrogens with one attached hydrogen (secondary N) is 1. The van der Waals surface area contributed by atoms with Crippen LogP contribution >= 0.6 is 11.6 Å². The number of amides is 1. The van der Waals surface area contributed by atoms with Gasteiger partial charge in [0.1, 0.15) is 0 Å². The number of hydrogen-bond donors (Lipinski definition) is 1. The van der Waals surface area contributed by atoms with Gasteiger partial charge >= 0.3 is 6.18 Å². The number of benzene rings is 2. The topological polar surface area (TPSA) is 54.0 Å². The summed E-state index contributed by atoms with van der Waals surface area (Å²) in [6.07, 6.45) is -4.61. The minimum Gasteiger partial charge on any atom is -0.493 e. The third-order valence-electron chi connectivity index (χ3n) is 5.25. The summed E-state index contributed by atoms with van der Waals surface area (Å²) in [4.78, 5) is 16.5. The first-order chi connectivity index (χ1) is 15.2. The molecule has 1 heterocycles. The summed E-state index contributed by atoms with van der Waals surface area (Å²) in [5.74, 6) is 0.841. The third-order valence-corrected chi connectivity index (χ3v) is 5.48. The standard InChI is InChI=1S/C22H25ClF3N3O3/c1-31-19-6-3-15(11-20(19)32-2)13-28-7-9-29(10-8-28)14-21(30)27-18-5-4-16(23)12-17(18)22(24,25)26/h3-6,11-12H,7-10,13-14H2,1-2H3,(H,27,30). The van der Waals surface area contributed by atoms with Gasteiger partial charge in [0.15, 0.2) is 11.5 Å². The second-order valence-corrected chi connectivity index (χ2v) is 7.91. The number of halogens is 4. The van der Waals surface area contributed by atoms with Crippen molar-refractivity contribution >= 4 is 23.2 Å². The Balaban J connectivity index is 1.52. The Morgan fingerprint density at radius 3 is 2.28 bits per heavy atom. The van der Waals surface area contributed by atoms with E-state index in [1.807, 2.05) is 23.1 Å². The van der Waals surface area contributed by atoms with Crippen molar-refractivity contribution in [3.63, 3.8) is 0 Å². The van der Waals surface area contributed by atoms with Crippen molar-refractivity contribution in [1.29, 1.82) is 0 Å². The lowest BCUT2D eigenvalue weighted by molar-refractivity contribution is -0.137. The van der Waals surface area contributed by atoms with Crippen molar-refractivity contribution in [3.8, 4) is 11.5 Å².